The van der Waals surface area contributed by atoms with Crippen molar-refractivity contribution in [2.75, 3.05) is 35.6 Å². The van der Waals surface area contributed by atoms with Crippen molar-refractivity contribution in [2.24, 2.45) is 5.92 Å². The number of carboxylic acid groups (broad SMARTS) is 1. The van der Waals surface area contributed by atoms with Gasteiger partial charge in [-0.1, -0.05) is 6.07 Å². The van der Waals surface area contributed by atoms with Crippen LogP contribution in [0, 0.1) is 9.49 Å². The number of hydrogen-bond acceptors (Lipinski definition) is 5. The minimum absolute atomic E-state index is 0.383. The molecule has 0 bridgehead atoms. The molecular weight excluding hydrogens is 443 g/mol. The summed E-state index contributed by atoms with van der Waals surface area (Å²) in [7, 11) is 0. The Bertz CT molecular complexity index is 784. The first-order valence-electron chi connectivity index (χ1n) is 8.77. The molecule has 1 aliphatic rings. The van der Waals surface area contributed by atoms with Crippen molar-refractivity contribution in [1.82, 2.24) is 4.98 Å². The van der Waals surface area contributed by atoms with Crippen LogP contribution in [0.15, 0.2) is 36.4 Å². The highest BCUT2D eigenvalue weighted by Gasteiger charge is 2.23. The van der Waals surface area contributed by atoms with E-state index in [9.17, 15) is 9.90 Å². The maximum atomic E-state index is 11.6. The quantitative estimate of drug-likeness (QED) is 0.563. The van der Waals surface area contributed by atoms with Gasteiger partial charge in [-0.05, 0) is 78.1 Å². The molecule has 0 amide bonds. The monoisotopic (exact) mass is 466 g/mol. The zero-order valence-corrected chi connectivity index (χ0v) is 16.6. The summed E-state index contributed by atoms with van der Waals surface area (Å²) in [6, 6.07) is 11.1. The first-order valence-corrected chi connectivity index (χ1v) is 9.85. The minimum atomic E-state index is -0.868. The maximum Gasteiger partial charge on any atom is 0.337 e. The van der Waals surface area contributed by atoms with Gasteiger partial charge in [-0.25, -0.2) is 9.78 Å². The van der Waals surface area contributed by atoms with Gasteiger partial charge in [-0.2, -0.15) is 0 Å². The fourth-order valence-corrected chi connectivity index (χ4v) is 3.90. The topological polar surface area (TPSA) is 91.5 Å². The summed E-state index contributed by atoms with van der Waals surface area (Å²) in [4.78, 5) is 18.0. The molecule has 1 saturated heterocycles. The third-order valence-electron chi connectivity index (χ3n) is 4.68. The van der Waals surface area contributed by atoms with Crippen LogP contribution in [0.2, 0.25) is 0 Å². The summed E-state index contributed by atoms with van der Waals surface area (Å²) in [6.45, 7) is 2.61. The van der Waals surface area contributed by atoms with E-state index in [1.165, 1.54) is 0 Å². The van der Waals surface area contributed by atoms with Crippen molar-refractivity contribution in [3.05, 3.63) is 45.5 Å². The molecule has 1 fully saturated rings. The number of nitrogen functional groups attached to an aromatic ring is 1. The van der Waals surface area contributed by atoms with E-state index in [0.29, 0.717) is 17.3 Å². The van der Waals surface area contributed by atoms with Crippen molar-refractivity contribution in [2.45, 2.75) is 19.3 Å². The number of hydrogen-bond donors (Lipinski definition) is 3. The average molecular weight is 466 g/mol. The van der Waals surface area contributed by atoms with Crippen LogP contribution >= 0.6 is 22.6 Å². The number of benzene rings is 1. The molecule has 138 valence electrons. The first kappa shape index (κ1) is 18.8. The van der Waals surface area contributed by atoms with E-state index in [0.717, 1.165) is 54.0 Å². The number of rotatable bonds is 6. The van der Waals surface area contributed by atoms with Crippen molar-refractivity contribution in [1.29, 1.82) is 0 Å². The van der Waals surface area contributed by atoms with E-state index in [2.05, 4.69) is 37.8 Å². The zero-order valence-electron chi connectivity index (χ0n) is 14.5. The van der Waals surface area contributed by atoms with E-state index in [4.69, 9.17) is 5.73 Å². The molecule has 7 heteroatoms. The number of nitrogens with one attached hydrogen (secondary N) is 1. The summed E-state index contributed by atoms with van der Waals surface area (Å²) in [5, 5.41) is 12.8. The number of carbonyl (C=O) groups is 1. The van der Waals surface area contributed by atoms with Crippen molar-refractivity contribution < 1.29 is 9.90 Å². The van der Waals surface area contributed by atoms with Crippen LogP contribution in [-0.4, -0.2) is 35.7 Å². The second kappa shape index (κ2) is 8.57. The van der Waals surface area contributed by atoms with Gasteiger partial charge in [0.25, 0.3) is 0 Å². The lowest BCUT2D eigenvalue weighted by atomic mass is 9.94. The highest BCUT2D eigenvalue weighted by atomic mass is 127. The lowest BCUT2D eigenvalue weighted by molar-refractivity contribution is 0.0697. The molecular formula is C19H23IN4O2. The van der Waals surface area contributed by atoms with E-state index in [-0.39, 0.29) is 0 Å². The Kier molecular flexibility index (Phi) is 6.18. The van der Waals surface area contributed by atoms with Gasteiger partial charge in [0.15, 0.2) is 0 Å². The van der Waals surface area contributed by atoms with Crippen LogP contribution in [0.25, 0.3) is 0 Å². The summed E-state index contributed by atoms with van der Waals surface area (Å²) in [5.74, 6) is 0.965. The second-order valence-corrected chi connectivity index (χ2v) is 7.83. The number of piperidine rings is 1. The third kappa shape index (κ3) is 4.78. The lowest BCUT2D eigenvalue weighted by Crippen LogP contribution is -2.37. The van der Waals surface area contributed by atoms with E-state index < -0.39 is 5.97 Å². The predicted molar refractivity (Wildman–Crippen MR) is 113 cm³/mol. The summed E-state index contributed by atoms with van der Waals surface area (Å²) < 4.78 is 1.05. The summed E-state index contributed by atoms with van der Waals surface area (Å²) in [5.41, 5.74) is 6.92. The molecule has 1 aliphatic heterocycles. The Hall–Kier alpha value is -2.03. The molecule has 1 unspecified atom stereocenters. The number of anilines is 3. The lowest BCUT2D eigenvalue weighted by Gasteiger charge is -2.35. The SMILES string of the molecule is Nc1cccc(NCCC2CCCN(c3cc(I)ccc3C(=O)O)C2)n1. The molecule has 0 spiro atoms. The number of halogens is 1. The molecule has 0 saturated carbocycles. The van der Waals surface area contributed by atoms with Crippen LogP contribution in [0.5, 0.6) is 0 Å². The molecule has 1 aromatic heterocycles. The predicted octanol–water partition coefficient (Wildman–Crippen LogP) is 3.69. The molecule has 3 rings (SSSR count). The Morgan fingerprint density at radius 3 is 3.00 bits per heavy atom. The Balaban J connectivity index is 1.61. The maximum absolute atomic E-state index is 11.6. The molecule has 4 N–H and O–H groups in total. The van der Waals surface area contributed by atoms with E-state index in [1.807, 2.05) is 24.3 Å². The zero-order chi connectivity index (χ0) is 18.5. The van der Waals surface area contributed by atoms with Crippen LogP contribution in [0.3, 0.4) is 0 Å². The Morgan fingerprint density at radius 1 is 1.38 bits per heavy atom. The standard InChI is InChI=1S/C19H23IN4O2/c20-14-6-7-15(19(25)26)16(11-14)24-10-2-3-13(12-24)8-9-22-18-5-1-4-17(21)23-18/h1,4-7,11,13H,2-3,8-10,12H2,(H,25,26)(H3,21,22,23). The number of aromatic carboxylic acids is 1. The third-order valence-corrected chi connectivity index (χ3v) is 5.35. The van der Waals surface area contributed by atoms with Crippen LogP contribution in [-0.2, 0) is 0 Å². The molecule has 1 atom stereocenters. The molecule has 2 heterocycles. The average Bonchev–Trinajstić information content (AvgIpc) is 2.62. The van der Waals surface area contributed by atoms with Crippen LogP contribution in [0.1, 0.15) is 29.6 Å². The van der Waals surface area contributed by atoms with Crippen molar-refractivity contribution >= 4 is 45.9 Å². The van der Waals surface area contributed by atoms with Crippen molar-refractivity contribution in [3.63, 3.8) is 0 Å². The number of carboxylic acids is 1. The highest BCUT2D eigenvalue weighted by molar-refractivity contribution is 14.1. The van der Waals surface area contributed by atoms with Gasteiger partial charge in [-0.3, -0.25) is 0 Å². The van der Waals surface area contributed by atoms with Gasteiger partial charge in [0.1, 0.15) is 11.6 Å². The van der Waals surface area contributed by atoms with E-state index >= 15 is 0 Å². The van der Waals surface area contributed by atoms with Gasteiger partial charge in [-0.15, -0.1) is 0 Å². The van der Waals surface area contributed by atoms with Gasteiger partial charge in [0.2, 0.25) is 0 Å². The van der Waals surface area contributed by atoms with Crippen molar-refractivity contribution in [3.8, 4) is 0 Å². The fourth-order valence-electron chi connectivity index (χ4n) is 3.42. The largest absolute Gasteiger partial charge is 0.478 e. The summed E-state index contributed by atoms with van der Waals surface area (Å²) in [6.07, 6.45) is 3.25. The minimum Gasteiger partial charge on any atom is -0.478 e. The fraction of sp³-hybridized carbons (Fsp3) is 0.368. The number of nitrogens with two attached hydrogens (primary N) is 1. The number of nitrogens with zero attached hydrogens (tertiary/aromatic N) is 2. The second-order valence-electron chi connectivity index (χ2n) is 6.58. The smallest absolute Gasteiger partial charge is 0.337 e. The molecule has 0 radical (unpaired) electrons. The summed E-state index contributed by atoms with van der Waals surface area (Å²) >= 11 is 2.23. The Morgan fingerprint density at radius 2 is 2.23 bits per heavy atom. The number of pyridine rings is 1. The molecule has 26 heavy (non-hydrogen) atoms. The normalized spacial score (nSPS) is 17.1. The van der Waals surface area contributed by atoms with Gasteiger partial charge < -0.3 is 21.1 Å². The Labute approximate surface area is 166 Å². The van der Waals surface area contributed by atoms with Crippen LogP contribution in [0.4, 0.5) is 17.3 Å². The molecule has 6 nitrogen and oxygen atoms in total. The molecule has 2 aromatic rings. The first-order chi connectivity index (χ1) is 12.5. The number of aromatic nitrogens is 1. The van der Waals surface area contributed by atoms with Gasteiger partial charge >= 0.3 is 5.97 Å². The van der Waals surface area contributed by atoms with Crippen LogP contribution < -0.4 is 16.0 Å². The molecule has 1 aromatic carbocycles. The van der Waals surface area contributed by atoms with Gasteiger partial charge in [0.05, 0.1) is 11.3 Å². The van der Waals surface area contributed by atoms with E-state index in [1.54, 1.807) is 12.1 Å². The molecule has 0 aliphatic carbocycles. The highest BCUT2D eigenvalue weighted by Crippen LogP contribution is 2.29. The van der Waals surface area contributed by atoms with Gasteiger partial charge in [0, 0.05) is 23.2 Å².